The van der Waals surface area contributed by atoms with Gasteiger partial charge < -0.3 is 19.2 Å². The summed E-state index contributed by atoms with van der Waals surface area (Å²) in [5.41, 5.74) is 1.39. The number of halogens is 1. The number of aliphatic hydroxyl groups excluding tert-OH is 1. The SMILES string of the molecule is CCOc1ccc(C2C(C(=O)c3cc4cc(Br)ccc4o3)=C(O)C(=O)N2C2CCCCC2)cc1. The monoisotopic (exact) mass is 523 g/mol. The smallest absolute Gasteiger partial charge is 0.290 e. The lowest BCUT2D eigenvalue weighted by Crippen LogP contribution is -2.41. The highest BCUT2D eigenvalue weighted by Crippen LogP contribution is 2.43. The molecule has 0 saturated heterocycles. The van der Waals surface area contributed by atoms with E-state index in [0.29, 0.717) is 17.9 Å². The normalized spacial score (nSPS) is 19.3. The van der Waals surface area contributed by atoms with E-state index >= 15 is 0 Å². The Labute approximate surface area is 206 Å². The first-order valence-electron chi connectivity index (χ1n) is 11.7. The molecule has 1 aliphatic heterocycles. The molecule has 1 aliphatic carbocycles. The van der Waals surface area contributed by atoms with Crippen LogP contribution in [0.5, 0.6) is 5.75 Å². The van der Waals surface area contributed by atoms with E-state index in [1.165, 1.54) is 0 Å². The second-order valence-electron chi connectivity index (χ2n) is 8.79. The molecular formula is C27H26BrNO5. The van der Waals surface area contributed by atoms with Gasteiger partial charge in [-0.15, -0.1) is 0 Å². The third-order valence-corrected chi connectivity index (χ3v) is 7.16. The summed E-state index contributed by atoms with van der Waals surface area (Å²) >= 11 is 3.43. The molecular weight excluding hydrogens is 498 g/mol. The van der Waals surface area contributed by atoms with Gasteiger partial charge >= 0.3 is 0 Å². The summed E-state index contributed by atoms with van der Waals surface area (Å²) in [5.74, 6) is -0.646. The largest absolute Gasteiger partial charge is 0.503 e. The molecule has 1 aromatic heterocycles. The second-order valence-corrected chi connectivity index (χ2v) is 9.71. The predicted octanol–water partition coefficient (Wildman–Crippen LogP) is 6.51. The van der Waals surface area contributed by atoms with E-state index in [2.05, 4.69) is 15.9 Å². The first kappa shape index (κ1) is 22.7. The number of nitrogens with zero attached hydrogens (tertiary/aromatic N) is 1. The van der Waals surface area contributed by atoms with Crippen molar-refractivity contribution < 1.29 is 23.8 Å². The van der Waals surface area contributed by atoms with Crippen LogP contribution >= 0.6 is 15.9 Å². The van der Waals surface area contributed by atoms with Gasteiger partial charge in [0, 0.05) is 15.9 Å². The molecule has 7 heteroatoms. The van der Waals surface area contributed by atoms with E-state index in [1.807, 2.05) is 43.3 Å². The van der Waals surface area contributed by atoms with Crippen molar-refractivity contribution in [3.8, 4) is 5.75 Å². The Bertz CT molecular complexity index is 1270. The minimum absolute atomic E-state index is 0.0307. The van der Waals surface area contributed by atoms with E-state index in [9.17, 15) is 14.7 Å². The molecule has 1 amide bonds. The number of fused-ring (bicyclic) bond motifs is 1. The summed E-state index contributed by atoms with van der Waals surface area (Å²) < 4.78 is 12.3. The van der Waals surface area contributed by atoms with Gasteiger partial charge in [0.1, 0.15) is 11.3 Å². The summed E-state index contributed by atoms with van der Waals surface area (Å²) in [5, 5.41) is 11.7. The van der Waals surface area contributed by atoms with Crippen molar-refractivity contribution in [2.45, 2.75) is 51.1 Å². The quantitative estimate of drug-likeness (QED) is 0.372. The summed E-state index contributed by atoms with van der Waals surface area (Å²) in [6.07, 6.45) is 4.88. The van der Waals surface area contributed by atoms with Crippen LogP contribution in [0.2, 0.25) is 0 Å². The maximum Gasteiger partial charge on any atom is 0.290 e. The van der Waals surface area contributed by atoms with Crippen LogP contribution in [0.4, 0.5) is 0 Å². The summed E-state index contributed by atoms with van der Waals surface area (Å²) in [7, 11) is 0. The number of ketones is 1. The highest BCUT2D eigenvalue weighted by molar-refractivity contribution is 9.10. The minimum atomic E-state index is -0.682. The Hall–Kier alpha value is -3.06. The van der Waals surface area contributed by atoms with Gasteiger partial charge in [-0.1, -0.05) is 47.3 Å². The first-order valence-corrected chi connectivity index (χ1v) is 12.5. The lowest BCUT2D eigenvalue weighted by Gasteiger charge is -2.36. The fourth-order valence-corrected chi connectivity index (χ4v) is 5.47. The van der Waals surface area contributed by atoms with E-state index in [1.54, 1.807) is 17.0 Å². The van der Waals surface area contributed by atoms with Gasteiger partial charge in [-0.3, -0.25) is 9.59 Å². The minimum Gasteiger partial charge on any atom is -0.503 e. The molecule has 0 spiro atoms. The maximum absolute atomic E-state index is 13.7. The Morgan fingerprint density at radius 2 is 1.85 bits per heavy atom. The molecule has 1 atom stereocenters. The van der Waals surface area contributed by atoms with Crippen LogP contribution in [0.3, 0.4) is 0 Å². The zero-order valence-corrected chi connectivity index (χ0v) is 20.5. The molecule has 176 valence electrons. The summed E-state index contributed by atoms with van der Waals surface area (Å²) in [4.78, 5) is 28.7. The number of rotatable bonds is 6. The summed E-state index contributed by atoms with van der Waals surface area (Å²) in [6, 6.07) is 13.8. The topological polar surface area (TPSA) is 80.0 Å². The second kappa shape index (κ2) is 9.29. The zero-order chi connectivity index (χ0) is 23.8. The van der Waals surface area contributed by atoms with Gasteiger partial charge in [0.25, 0.3) is 5.91 Å². The molecule has 2 heterocycles. The zero-order valence-electron chi connectivity index (χ0n) is 18.9. The first-order chi connectivity index (χ1) is 16.5. The van der Waals surface area contributed by atoms with Gasteiger partial charge in [-0.2, -0.15) is 0 Å². The molecule has 0 radical (unpaired) electrons. The Morgan fingerprint density at radius 1 is 1.12 bits per heavy atom. The van der Waals surface area contributed by atoms with Crippen LogP contribution in [-0.2, 0) is 4.79 Å². The number of Topliss-reactive ketones (excluding diaryl/α,β-unsaturated/α-hetero) is 1. The third-order valence-electron chi connectivity index (χ3n) is 6.67. The number of benzene rings is 2. The van der Waals surface area contributed by atoms with Gasteiger partial charge in [0.2, 0.25) is 5.78 Å². The number of carbonyl (C=O) groups is 2. The van der Waals surface area contributed by atoms with Gasteiger partial charge in [0.05, 0.1) is 18.2 Å². The predicted molar refractivity (Wildman–Crippen MR) is 132 cm³/mol. The average molecular weight is 524 g/mol. The standard InChI is InChI=1S/C27H26BrNO5/c1-2-33-20-11-8-16(9-12-20)24-23(26(31)27(32)29(24)19-6-4-3-5-7-19)25(30)22-15-17-14-18(28)10-13-21(17)34-22/h8-15,19,24,31H,2-7H2,1H3. The third kappa shape index (κ3) is 4.02. The maximum atomic E-state index is 13.7. The molecule has 0 bridgehead atoms. The highest BCUT2D eigenvalue weighted by Gasteiger charge is 2.47. The van der Waals surface area contributed by atoms with Gasteiger partial charge in [-0.05, 0) is 61.7 Å². The van der Waals surface area contributed by atoms with E-state index in [4.69, 9.17) is 9.15 Å². The van der Waals surface area contributed by atoms with Crippen LogP contribution in [0, 0.1) is 0 Å². The van der Waals surface area contributed by atoms with E-state index < -0.39 is 23.5 Å². The molecule has 2 aliphatic rings. The molecule has 1 saturated carbocycles. The number of ether oxygens (including phenoxy) is 1. The lowest BCUT2D eigenvalue weighted by atomic mass is 9.90. The van der Waals surface area contributed by atoms with Gasteiger partial charge in [-0.25, -0.2) is 0 Å². The van der Waals surface area contributed by atoms with Crippen molar-refractivity contribution >= 4 is 38.6 Å². The Balaban J connectivity index is 1.58. The lowest BCUT2D eigenvalue weighted by molar-refractivity contribution is -0.132. The van der Waals surface area contributed by atoms with Crippen molar-refractivity contribution in [2.75, 3.05) is 6.61 Å². The van der Waals surface area contributed by atoms with Gasteiger partial charge in [0.15, 0.2) is 11.5 Å². The van der Waals surface area contributed by atoms with Crippen LogP contribution in [0.25, 0.3) is 11.0 Å². The highest BCUT2D eigenvalue weighted by atomic mass is 79.9. The molecule has 1 N–H and O–H groups in total. The Morgan fingerprint density at radius 3 is 2.56 bits per heavy atom. The van der Waals surface area contributed by atoms with Crippen LogP contribution < -0.4 is 4.74 Å². The molecule has 2 aromatic carbocycles. The molecule has 1 unspecified atom stereocenters. The van der Waals surface area contributed by atoms with Crippen molar-refractivity contribution in [2.24, 2.45) is 0 Å². The van der Waals surface area contributed by atoms with Crippen LogP contribution in [-0.4, -0.2) is 34.3 Å². The van der Waals surface area contributed by atoms with Crippen LogP contribution in [0.1, 0.15) is 61.2 Å². The van der Waals surface area contributed by atoms with Crippen molar-refractivity contribution in [1.29, 1.82) is 0 Å². The fraction of sp³-hybridized carbons (Fsp3) is 0.333. The molecule has 3 aromatic rings. The number of furan rings is 1. The number of aliphatic hydroxyl groups is 1. The number of hydrogen-bond donors (Lipinski definition) is 1. The fourth-order valence-electron chi connectivity index (χ4n) is 5.09. The van der Waals surface area contributed by atoms with Crippen molar-refractivity contribution in [3.63, 3.8) is 0 Å². The van der Waals surface area contributed by atoms with E-state index in [-0.39, 0.29) is 17.4 Å². The van der Waals surface area contributed by atoms with Crippen molar-refractivity contribution in [3.05, 3.63) is 75.7 Å². The molecule has 34 heavy (non-hydrogen) atoms. The average Bonchev–Trinajstić information content (AvgIpc) is 3.38. The van der Waals surface area contributed by atoms with E-state index in [0.717, 1.165) is 47.5 Å². The van der Waals surface area contributed by atoms with Crippen LogP contribution in [0.15, 0.2) is 68.8 Å². The Kier molecular flexibility index (Phi) is 6.21. The number of amides is 1. The number of hydrogen-bond acceptors (Lipinski definition) is 5. The molecule has 6 nitrogen and oxygen atoms in total. The summed E-state index contributed by atoms with van der Waals surface area (Å²) in [6.45, 7) is 2.46. The number of carbonyl (C=O) groups excluding carboxylic acids is 2. The molecule has 5 rings (SSSR count). The molecule has 1 fully saturated rings. The van der Waals surface area contributed by atoms with Crippen molar-refractivity contribution in [1.82, 2.24) is 4.90 Å².